The SMILES string of the molecule is CCNCC1(CCCOC)CCOC1. The van der Waals surface area contributed by atoms with Gasteiger partial charge in [-0.2, -0.15) is 0 Å². The molecule has 1 atom stereocenters. The van der Waals surface area contributed by atoms with E-state index in [1.54, 1.807) is 7.11 Å². The van der Waals surface area contributed by atoms with Crippen LogP contribution in [0.25, 0.3) is 0 Å². The van der Waals surface area contributed by atoms with E-state index in [0.717, 1.165) is 39.3 Å². The fourth-order valence-electron chi connectivity index (χ4n) is 2.06. The maximum atomic E-state index is 5.51. The largest absolute Gasteiger partial charge is 0.385 e. The molecule has 0 aliphatic carbocycles. The number of hydrogen-bond acceptors (Lipinski definition) is 3. The van der Waals surface area contributed by atoms with Crippen molar-refractivity contribution < 1.29 is 9.47 Å². The van der Waals surface area contributed by atoms with Crippen molar-refractivity contribution in [3.8, 4) is 0 Å². The number of hydrogen-bond donors (Lipinski definition) is 1. The molecule has 0 radical (unpaired) electrons. The van der Waals surface area contributed by atoms with Gasteiger partial charge in [0.15, 0.2) is 0 Å². The van der Waals surface area contributed by atoms with E-state index in [9.17, 15) is 0 Å². The van der Waals surface area contributed by atoms with Crippen molar-refractivity contribution in [2.45, 2.75) is 26.2 Å². The van der Waals surface area contributed by atoms with Gasteiger partial charge in [0.25, 0.3) is 0 Å². The summed E-state index contributed by atoms with van der Waals surface area (Å²) in [4.78, 5) is 0. The molecule has 0 bridgehead atoms. The maximum Gasteiger partial charge on any atom is 0.0535 e. The summed E-state index contributed by atoms with van der Waals surface area (Å²) in [6.45, 7) is 7.01. The zero-order valence-electron chi connectivity index (χ0n) is 9.47. The fraction of sp³-hybridized carbons (Fsp3) is 1.00. The van der Waals surface area contributed by atoms with Crippen LogP contribution in [-0.4, -0.2) is 40.0 Å². The van der Waals surface area contributed by atoms with Crippen molar-refractivity contribution in [3.05, 3.63) is 0 Å². The summed E-state index contributed by atoms with van der Waals surface area (Å²) in [6, 6.07) is 0. The van der Waals surface area contributed by atoms with E-state index < -0.39 is 0 Å². The topological polar surface area (TPSA) is 30.5 Å². The molecule has 1 N–H and O–H groups in total. The molecule has 0 aromatic carbocycles. The molecule has 14 heavy (non-hydrogen) atoms. The van der Waals surface area contributed by atoms with Crippen LogP contribution in [0.5, 0.6) is 0 Å². The van der Waals surface area contributed by atoms with Gasteiger partial charge in [0.05, 0.1) is 6.61 Å². The third kappa shape index (κ3) is 3.56. The summed E-state index contributed by atoms with van der Waals surface area (Å²) in [5, 5.41) is 3.44. The lowest BCUT2D eigenvalue weighted by Gasteiger charge is -2.27. The summed E-state index contributed by atoms with van der Waals surface area (Å²) in [7, 11) is 1.77. The van der Waals surface area contributed by atoms with Crippen LogP contribution in [0.2, 0.25) is 0 Å². The second-order valence-electron chi connectivity index (χ2n) is 4.18. The number of nitrogens with one attached hydrogen (secondary N) is 1. The van der Waals surface area contributed by atoms with E-state index in [4.69, 9.17) is 9.47 Å². The van der Waals surface area contributed by atoms with Gasteiger partial charge in [-0.05, 0) is 25.8 Å². The predicted molar refractivity (Wildman–Crippen MR) is 57.5 cm³/mol. The molecule has 0 saturated carbocycles. The number of ether oxygens (including phenoxy) is 2. The van der Waals surface area contributed by atoms with Gasteiger partial charge >= 0.3 is 0 Å². The van der Waals surface area contributed by atoms with Crippen LogP contribution in [0, 0.1) is 5.41 Å². The van der Waals surface area contributed by atoms with Gasteiger partial charge in [0.1, 0.15) is 0 Å². The molecule has 84 valence electrons. The van der Waals surface area contributed by atoms with Crippen LogP contribution < -0.4 is 5.32 Å². The lowest BCUT2D eigenvalue weighted by atomic mass is 9.82. The molecular formula is C11H23NO2. The molecule has 1 aliphatic rings. The third-order valence-corrected chi connectivity index (χ3v) is 2.99. The Labute approximate surface area is 87.2 Å². The Morgan fingerprint density at radius 2 is 2.36 bits per heavy atom. The summed E-state index contributed by atoms with van der Waals surface area (Å²) >= 11 is 0. The molecule has 3 heteroatoms. The van der Waals surface area contributed by atoms with Gasteiger partial charge in [0, 0.05) is 32.3 Å². The Balaban J connectivity index is 2.28. The zero-order chi connectivity index (χ0) is 10.3. The lowest BCUT2D eigenvalue weighted by molar-refractivity contribution is 0.128. The van der Waals surface area contributed by atoms with Gasteiger partial charge in [-0.3, -0.25) is 0 Å². The highest BCUT2D eigenvalue weighted by Gasteiger charge is 2.33. The number of methoxy groups -OCH3 is 1. The summed E-state index contributed by atoms with van der Waals surface area (Å²) in [5.41, 5.74) is 0.383. The molecule has 1 saturated heterocycles. The Morgan fingerprint density at radius 1 is 1.50 bits per heavy atom. The molecule has 1 aliphatic heterocycles. The Bertz CT molecular complexity index is 144. The Kier molecular flexibility index (Phi) is 5.45. The maximum absolute atomic E-state index is 5.51. The van der Waals surface area contributed by atoms with Gasteiger partial charge in [-0.1, -0.05) is 6.92 Å². The highest BCUT2D eigenvalue weighted by Crippen LogP contribution is 2.32. The Morgan fingerprint density at radius 3 is 2.93 bits per heavy atom. The first-order valence-corrected chi connectivity index (χ1v) is 5.60. The van der Waals surface area contributed by atoms with E-state index in [1.165, 1.54) is 12.8 Å². The van der Waals surface area contributed by atoms with Crippen molar-refractivity contribution in [2.24, 2.45) is 5.41 Å². The van der Waals surface area contributed by atoms with Crippen LogP contribution in [-0.2, 0) is 9.47 Å². The standard InChI is InChI=1S/C11H23NO2/c1-3-12-9-11(5-4-7-13-2)6-8-14-10-11/h12H,3-10H2,1-2H3. The molecule has 0 aromatic rings. The van der Waals surface area contributed by atoms with E-state index in [-0.39, 0.29) is 0 Å². The summed E-state index contributed by atoms with van der Waals surface area (Å²) in [6.07, 6.45) is 3.56. The molecular weight excluding hydrogens is 178 g/mol. The zero-order valence-corrected chi connectivity index (χ0v) is 9.47. The minimum Gasteiger partial charge on any atom is -0.385 e. The molecule has 0 spiro atoms. The lowest BCUT2D eigenvalue weighted by Crippen LogP contribution is -2.35. The normalized spacial score (nSPS) is 27.0. The third-order valence-electron chi connectivity index (χ3n) is 2.99. The van der Waals surface area contributed by atoms with Gasteiger partial charge in [-0.25, -0.2) is 0 Å². The van der Waals surface area contributed by atoms with Gasteiger partial charge in [0.2, 0.25) is 0 Å². The average Bonchev–Trinajstić information content (AvgIpc) is 2.65. The molecule has 1 unspecified atom stereocenters. The molecule has 0 aromatic heterocycles. The van der Waals surface area contributed by atoms with Crippen LogP contribution in [0.4, 0.5) is 0 Å². The quantitative estimate of drug-likeness (QED) is 0.632. The predicted octanol–water partition coefficient (Wildman–Crippen LogP) is 1.43. The van der Waals surface area contributed by atoms with Crippen molar-refractivity contribution in [3.63, 3.8) is 0 Å². The van der Waals surface area contributed by atoms with E-state index in [1.807, 2.05) is 0 Å². The van der Waals surface area contributed by atoms with Crippen LogP contribution in [0.1, 0.15) is 26.2 Å². The second kappa shape index (κ2) is 6.38. The van der Waals surface area contributed by atoms with E-state index >= 15 is 0 Å². The van der Waals surface area contributed by atoms with Crippen LogP contribution in [0.15, 0.2) is 0 Å². The van der Waals surface area contributed by atoms with Crippen LogP contribution >= 0.6 is 0 Å². The monoisotopic (exact) mass is 201 g/mol. The first-order chi connectivity index (χ1) is 6.83. The van der Waals surface area contributed by atoms with Gasteiger partial charge < -0.3 is 14.8 Å². The van der Waals surface area contributed by atoms with Crippen molar-refractivity contribution in [1.82, 2.24) is 5.32 Å². The van der Waals surface area contributed by atoms with Crippen molar-refractivity contribution >= 4 is 0 Å². The van der Waals surface area contributed by atoms with Crippen molar-refractivity contribution in [1.29, 1.82) is 0 Å². The molecule has 1 fully saturated rings. The minimum absolute atomic E-state index is 0.383. The first kappa shape index (κ1) is 12.0. The molecule has 3 nitrogen and oxygen atoms in total. The van der Waals surface area contributed by atoms with Crippen LogP contribution in [0.3, 0.4) is 0 Å². The summed E-state index contributed by atoms with van der Waals surface area (Å²) in [5.74, 6) is 0. The minimum atomic E-state index is 0.383. The molecule has 1 rings (SSSR count). The average molecular weight is 201 g/mol. The molecule has 0 amide bonds. The second-order valence-corrected chi connectivity index (χ2v) is 4.18. The van der Waals surface area contributed by atoms with E-state index in [2.05, 4.69) is 12.2 Å². The fourth-order valence-corrected chi connectivity index (χ4v) is 2.06. The highest BCUT2D eigenvalue weighted by atomic mass is 16.5. The molecule has 1 heterocycles. The van der Waals surface area contributed by atoms with Gasteiger partial charge in [-0.15, -0.1) is 0 Å². The van der Waals surface area contributed by atoms with E-state index in [0.29, 0.717) is 5.41 Å². The first-order valence-electron chi connectivity index (χ1n) is 5.60. The number of rotatable bonds is 7. The smallest absolute Gasteiger partial charge is 0.0535 e. The van der Waals surface area contributed by atoms with Crippen molar-refractivity contribution in [2.75, 3.05) is 40.0 Å². The summed E-state index contributed by atoms with van der Waals surface area (Å²) < 4.78 is 10.6. The Hall–Kier alpha value is -0.120. The highest BCUT2D eigenvalue weighted by molar-refractivity contribution is 4.85.